The topological polar surface area (TPSA) is 62.8 Å². The van der Waals surface area contributed by atoms with Crippen molar-refractivity contribution in [2.75, 3.05) is 53.5 Å². The van der Waals surface area contributed by atoms with Gasteiger partial charge in [-0.05, 0) is 53.2 Å². The van der Waals surface area contributed by atoms with Crippen molar-refractivity contribution in [2.24, 2.45) is 11.8 Å². The molecule has 6 nitrogen and oxygen atoms in total. The van der Waals surface area contributed by atoms with Gasteiger partial charge in [0.1, 0.15) is 5.60 Å². The van der Waals surface area contributed by atoms with Crippen LogP contribution >= 0.6 is 0 Å². The fraction of sp³-hybridized carbons (Fsp3) is 0.941. The first-order valence-electron chi connectivity index (χ1n) is 8.52. The van der Waals surface area contributed by atoms with Crippen LogP contribution in [0.1, 0.15) is 34.6 Å². The minimum atomic E-state index is -0.459. The molecule has 0 aliphatic carbocycles. The first-order valence-corrected chi connectivity index (χ1v) is 8.52. The van der Waals surface area contributed by atoms with E-state index in [0.29, 0.717) is 25.0 Å². The largest absolute Gasteiger partial charge is 0.444 e. The third-order valence-corrected chi connectivity index (χ3v) is 3.36. The Morgan fingerprint density at radius 3 is 2.30 bits per heavy atom. The summed E-state index contributed by atoms with van der Waals surface area (Å²) < 4.78 is 10.8. The Hall–Kier alpha value is -0.850. The van der Waals surface area contributed by atoms with E-state index in [0.717, 1.165) is 26.2 Å². The quantitative estimate of drug-likeness (QED) is 0.567. The second kappa shape index (κ2) is 11.6. The molecule has 0 aromatic rings. The standard InChI is InChI=1S/C17H37N3O3/c1-14(2)15(13-19-16(21)23-17(3,4)5)12-18-8-10-22-11-9-20(6)7/h14-15,18H,8-13H2,1-7H3,(H,19,21). The SMILES string of the molecule is CC(C)C(CNCCOCCN(C)C)CNC(=O)OC(C)(C)C. The Labute approximate surface area is 142 Å². The zero-order valence-electron chi connectivity index (χ0n) is 16.1. The number of hydrogen-bond acceptors (Lipinski definition) is 5. The molecule has 0 heterocycles. The molecule has 0 saturated heterocycles. The van der Waals surface area contributed by atoms with Crippen LogP contribution in [0.5, 0.6) is 0 Å². The number of hydrogen-bond donors (Lipinski definition) is 2. The lowest BCUT2D eigenvalue weighted by Crippen LogP contribution is -2.40. The number of rotatable bonds is 11. The molecule has 0 fully saturated rings. The fourth-order valence-corrected chi connectivity index (χ4v) is 1.85. The molecule has 1 unspecified atom stereocenters. The zero-order chi connectivity index (χ0) is 17.9. The van der Waals surface area contributed by atoms with Crippen molar-refractivity contribution in [1.82, 2.24) is 15.5 Å². The van der Waals surface area contributed by atoms with E-state index in [2.05, 4.69) is 29.4 Å². The highest BCUT2D eigenvalue weighted by Gasteiger charge is 2.18. The molecule has 0 spiro atoms. The number of likely N-dealkylation sites (N-methyl/N-ethyl adjacent to an activating group) is 1. The molecule has 0 aromatic carbocycles. The first kappa shape index (κ1) is 22.1. The summed E-state index contributed by atoms with van der Waals surface area (Å²) in [4.78, 5) is 13.8. The summed E-state index contributed by atoms with van der Waals surface area (Å²) in [5.41, 5.74) is -0.459. The van der Waals surface area contributed by atoms with Gasteiger partial charge >= 0.3 is 6.09 Å². The maximum atomic E-state index is 11.7. The van der Waals surface area contributed by atoms with Gasteiger partial charge in [0.05, 0.1) is 13.2 Å². The summed E-state index contributed by atoms with van der Waals surface area (Å²) in [6.07, 6.45) is -0.352. The molecule has 0 aromatic heterocycles. The van der Waals surface area contributed by atoms with Gasteiger partial charge in [0.2, 0.25) is 0 Å². The van der Waals surface area contributed by atoms with Gasteiger partial charge in [0.25, 0.3) is 0 Å². The van der Waals surface area contributed by atoms with E-state index in [1.165, 1.54) is 0 Å². The summed E-state index contributed by atoms with van der Waals surface area (Å²) in [5.74, 6) is 0.844. The lowest BCUT2D eigenvalue weighted by atomic mass is 9.96. The van der Waals surface area contributed by atoms with E-state index >= 15 is 0 Å². The zero-order valence-corrected chi connectivity index (χ0v) is 16.1. The lowest BCUT2D eigenvalue weighted by molar-refractivity contribution is 0.0514. The molecule has 2 N–H and O–H groups in total. The maximum absolute atomic E-state index is 11.7. The average molecular weight is 332 g/mol. The number of carbonyl (C=O) groups excluding carboxylic acids is 1. The molecule has 23 heavy (non-hydrogen) atoms. The number of nitrogens with zero attached hydrogens (tertiary/aromatic N) is 1. The Balaban J connectivity index is 3.85. The molecule has 0 radical (unpaired) electrons. The molecule has 6 heteroatoms. The molecular weight excluding hydrogens is 294 g/mol. The highest BCUT2D eigenvalue weighted by molar-refractivity contribution is 5.67. The van der Waals surface area contributed by atoms with Gasteiger partial charge in [0, 0.05) is 19.6 Å². The Kier molecular flexibility index (Phi) is 11.2. The van der Waals surface area contributed by atoms with Crippen LogP contribution in [0.2, 0.25) is 0 Å². The molecule has 0 rings (SSSR count). The van der Waals surface area contributed by atoms with Crippen molar-refractivity contribution >= 4 is 6.09 Å². The van der Waals surface area contributed by atoms with E-state index in [1.807, 2.05) is 34.9 Å². The van der Waals surface area contributed by atoms with E-state index in [1.54, 1.807) is 0 Å². The number of alkyl carbamates (subject to hydrolysis) is 1. The molecule has 1 amide bonds. The van der Waals surface area contributed by atoms with Gasteiger partial charge < -0.3 is 25.0 Å². The highest BCUT2D eigenvalue weighted by atomic mass is 16.6. The van der Waals surface area contributed by atoms with Gasteiger partial charge in [-0.2, -0.15) is 0 Å². The van der Waals surface area contributed by atoms with E-state index in [4.69, 9.17) is 9.47 Å². The third-order valence-electron chi connectivity index (χ3n) is 3.36. The monoisotopic (exact) mass is 331 g/mol. The Morgan fingerprint density at radius 2 is 1.78 bits per heavy atom. The van der Waals surface area contributed by atoms with Crippen molar-refractivity contribution in [1.29, 1.82) is 0 Å². The van der Waals surface area contributed by atoms with Crippen molar-refractivity contribution in [2.45, 2.75) is 40.2 Å². The van der Waals surface area contributed by atoms with Crippen molar-refractivity contribution in [3.63, 3.8) is 0 Å². The molecule has 0 aliphatic rings. The van der Waals surface area contributed by atoms with E-state index < -0.39 is 5.60 Å². The molecule has 0 saturated carbocycles. The molecule has 0 bridgehead atoms. The van der Waals surface area contributed by atoms with Crippen LogP contribution < -0.4 is 10.6 Å². The minimum absolute atomic E-state index is 0.352. The summed E-state index contributed by atoms with van der Waals surface area (Å²) in [6.45, 7) is 14.6. The van der Waals surface area contributed by atoms with Crippen molar-refractivity contribution in [3.8, 4) is 0 Å². The van der Waals surface area contributed by atoms with Crippen LogP contribution in [0.3, 0.4) is 0 Å². The van der Waals surface area contributed by atoms with Gasteiger partial charge in [-0.1, -0.05) is 13.8 Å². The minimum Gasteiger partial charge on any atom is -0.444 e. The molecule has 1 atom stereocenters. The summed E-state index contributed by atoms with van der Waals surface area (Å²) in [7, 11) is 4.07. The van der Waals surface area contributed by atoms with Gasteiger partial charge in [-0.25, -0.2) is 4.79 Å². The van der Waals surface area contributed by atoms with Crippen molar-refractivity contribution in [3.05, 3.63) is 0 Å². The number of nitrogens with one attached hydrogen (secondary N) is 2. The predicted octanol–water partition coefficient (Wildman–Crippen LogP) is 1.95. The lowest BCUT2D eigenvalue weighted by Gasteiger charge is -2.24. The van der Waals surface area contributed by atoms with Crippen LogP contribution in [-0.2, 0) is 9.47 Å². The summed E-state index contributed by atoms with van der Waals surface area (Å²) in [6, 6.07) is 0. The Bertz CT molecular complexity index is 315. The van der Waals surface area contributed by atoms with Crippen LogP contribution in [0.25, 0.3) is 0 Å². The smallest absolute Gasteiger partial charge is 0.407 e. The number of carbonyl (C=O) groups is 1. The van der Waals surface area contributed by atoms with E-state index in [-0.39, 0.29) is 6.09 Å². The summed E-state index contributed by atoms with van der Waals surface area (Å²) >= 11 is 0. The predicted molar refractivity (Wildman–Crippen MR) is 94.8 cm³/mol. The second-order valence-corrected chi connectivity index (χ2v) is 7.51. The molecule has 138 valence electrons. The summed E-state index contributed by atoms with van der Waals surface area (Å²) in [5, 5.41) is 6.25. The molecular formula is C17H37N3O3. The number of amides is 1. The first-order chi connectivity index (χ1) is 10.6. The van der Waals surface area contributed by atoms with Crippen LogP contribution in [0.4, 0.5) is 4.79 Å². The molecule has 0 aliphatic heterocycles. The van der Waals surface area contributed by atoms with Gasteiger partial charge in [-0.3, -0.25) is 0 Å². The highest BCUT2D eigenvalue weighted by Crippen LogP contribution is 2.10. The van der Waals surface area contributed by atoms with Gasteiger partial charge in [0.15, 0.2) is 0 Å². The average Bonchev–Trinajstić information content (AvgIpc) is 2.38. The number of ether oxygens (including phenoxy) is 2. The van der Waals surface area contributed by atoms with Gasteiger partial charge in [-0.15, -0.1) is 0 Å². The fourth-order valence-electron chi connectivity index (χ4n) is 1.85. The Morgan fingerprint density at radius 1 is 1.13 bits per heavy atom. The second-order valence-electron chi connectivity index (χ2n) is 7.51. The third kappa shape index (κ3) is 14.5. The van der Waals surface area contributed by atoms with Crippen LogP contribution in [0, 0.1) is 11.8 Å². The maximum Gasteiger partial charge on any atom is 0.407 e. The normalized spacial score (nSPS) is 13.4. The van der Waals surface area contributed by atoms with E-state index in [9.17, 15) is 4.79 Å². The van der Waals surface area contributed by atoms with Crippen LogP contribution in [0.15, 0.2) is 0 Å². The van der Waals surface area contributed by atoms with Crippen LogP contribution in [-0.4, -0.2) is 70.1 Å². The van der Waals surface area contributed by atoms with Crippen molar-refractivity contribution < 1.29 is 14.3 Å².